The first kappa shape index (κ1) is 14.4. The molecule has 98 valence electrons. The smallest absolute Gasteiger partial charge is 0.230 e. The summed E-state index contributed by atoms with van der Waals surface area (Å²) in [6.45, 7) is 0.573. The van der Waals surface area contributed by atoms with E-state index in [0.29, 0.717) is 6.54 Å². The molecule has 1 aromatic rings. The van der Waals surface area contributed by atoms with Crippen molar-refractivity contribution < 1.29 is 9.53 Å². The van der Waals surface area contributed by atoms with Crippen molar-refractivity contribution in [2.75, 3.05) is 19.4 Å². The molecule has 0 aliphatic carbocycles. The Morgan fingerprint density at radius 2 is 2.11 bits per heavy atom. The van der Waals surface area contributed by atoms with Gasteiger partial charge in [0.15, 0.2) is 5.17 Å². The number of amidine groups is 1. The first-order valence-corrected chi connectivity index (χ1v) is 6.47. The number of rotatable bonds is 6. The Balaban J connectivity index is 2.24. The van der Waals surface area contributed by atoms with Crippen LogP contribution >= 0.6 is 11.8 Å². The van der Waals surface area contributed by atoms with Crippen LogP contribution in [0.2, 0.25) is 0 Å². The molecule has 0 bridgehead atoms. The average Bonchev–Trinajstić information content (AvgIpc) is 2.37. The average molecular weight is 267 g/mol. The van der Waals surface area contributed by atoms with E-state index in [2.05, 4.69) is 5.32 Å². The second kappa shape index (κ2) is 7.60. The van der Waals surface area contributed by atoms with Crippen molar-refractivity contribution >= 4 is 22.8 Å². The molecule has 0 unspecified atom stereocenters. The summed E-state index contributed by atoms with van der Waals surface area (Å²) in [6.07, 6.45) is 0.764. The number of carbonyl (C=O) groups excluding carboxylic acids is 1. The molecule has 0 aliphatic rings. The van der Waals surface area contributed by atoms with E-state index in [0.717, 1.165) is 29.5 Å². The minimum Gasteiger partial charge on any atom is -0.497 e. The van der Waals surface area contributed by atoms with Gasteiger partial charge in [0.1, 0.15) is 5.75 Å². The molecule has 5 nitrogen and oxygen atoms in total. The Labute approximate surface area is 111 Å². The van der Waals surface area contributed by atoms with Crippen LogP contribution in [0.25, 0.3) is 0 Å². The monoisotopic (exact) mass is 267 g/mol. The lowest BCUT2D eigenvalue weighted by atomic mass is 10.1. The standard InChI is InChI=1S/C12H17N3O2S/c1-17-10-4-2-9(3-5-10)6-7-15-11(16)8-18-12(13)14/h2-5H,6-8H2,1H3,(H3,13,14)(H,15,16). The number of benzene rings is 1. The van der Waals surface area contributed by atoms with Crippen LogP contribution in [0, 0.1) is 5.41 Å². The fourth-order valence-corrected chi connectivity index (χ4v) is 1.72. The van der Waals surface area contributed by atoms with Crippen LogP contribution in [0.1, 0.15) is 5.56 Å². The predicted molar refractivity (Wildman–Crippen MR) is 74.1 cm³/mol. The minimum atomic E-state index is -0.108. The Morgan fingerprint density at radius 1 is 1.44 bits per heavy atom. The molecule has 4 N–H and O–H groups in total. The molecule has 0 atom stereocenters. The number of methoxy groups -OCH3 is 1. The SMILES string of the molecule is COc1ccc(CCNC(=O)CSC(=N)N)cc1. The van der Waals surface area contributed by atoms with Gasteiger partial charge in [-0.15, -0.1) is 0 Å². The van der Waals surface area contributed by atoms with Crippen molar-refractivity contribution in [3.63, 3.8) is 0 Å². The second-order valence-electron chi connectivity index (χ2n) is 3.60. The van der Waals surface area contributed by atoms with Crippen LogP contribution in [0.3, 0.4) is 0 Å². The van der Waals surface area contributed by atoms with E-state index in [-0.39, 0.29) is 16.8 Å². The third-order valence-corrected chi connectivity index (χ3v) is 2.97. The number of hydrogen-bond donors (Lipinski definition) is 3. The van der Waals surface area contributed by atoms with Gasteiger partial charge in [0.05, 0.1) is 12.9 Å². The normalized spacial score (nSPS) is 9.83. The van der Waals surface area contributed by atoms with Gasteiger partial charge >= 0.3 is 0 Å². The Morgan fingerprint density at radius 3 is 2.67 bits per heavy atom. The summed E-state index contributed by atoms with van der Waals surface area (Å²) in [5.74, 6) is 0.905. The van der Waals surface area contributed by atoms with Gasteiger partial charge in [-0.05, 0) is 24.1 Å². The summed E-state index contributed by atoms with van der Waals surface area (Å²) in [7, 11) is 1.63. The lowest BCUT2D eigenvalue weighted by Gasteiger charge is -2.05. The third-order valence-electron chi connectivity index (χ3n) is 2.25. The zero-order valence-corrected chi connectivity index (χ0v) is 11.0. The number of carbonyl (C=O) groups is 1. The van der Waals surface area contributed by atoms with Crippen molar-refractivity contribution in [1.29, 1.82) is 5.41 Å². The van der Waals surface area contributed by atoms with E-state index < -0.39 is 0 Å². The molecule has 0 heterocycles. The molecular formula is C12H17N3O2S. The fourth-order valence-electron chi connectivity index (χ4n) is 1.33. The topological polar surface area (TPSA) is 88.2 Å². The maximum absolute atomic E-state index is 11.3. The van der Waals surface area contributed by atoms with E-state index in [4.69, 9.17) is 15.9 Å². The van der Waals surface area contributed by atoms with Crippen LogP contribution in [-0.2, 0) is 11.2 Å². The van der Waals surface area contributed by atoms with Gasteiger partial charge in [-0.2, -0.15) is 0 Å². The van der Waals surface area contributed by atoms with Crippen LogP contribution in [0.4, 0.5) is 0 Å². The van der Waals surface area contributed by atoms with E-state index in [1.54, 1.807) is 7.11 Å². The zero-order valence-electron chi connectivity index (χ0n) is 10.2. The quantitative estimate of drug-likeness (QED) is 0.529. The minimum absolute atomic E-state index is 0.0414. The van der Waals surface area contributed by atoms with Crippen molar-refractivity contribution in [3.05, 3.63) is 29.8 Å². The zero-order chi connectivity index (χ0) is 13.4. The van der Waals surface area contributed by atoms with Gasteiger partial charge in [-0.1, -0.05) is 23.9 Å². The Kier molecular flexibility index (Phi) is 6.07. The lowest BCUT2D eigenvalue weighted by Crippen LogP contribution is -2.28. The molecule has 0 saturated heterocycles. The van der Waals surface area contributed by atoms with E-state index in [9.17, 15) is 4.79 Å². The molecule has 1 aromatic carbocycles. The first-order valence-electron chi connectivity index (χ1n) is 5.48. The maximum atomic E-state index is 11.3. The van der Waals surface area contributed by atoms with Gasteiger partial charge in [0.25, 0.3) is 0 Å². The van der Waals surface area contributed by atoms with Gasteiger partial charge < -0.3 is 15.8 Å². The molecule has 1 rings (SSSR count). The summed E-state index contributed by atoms with van der Waals surface area (Å²) in [4.78, 5) is 11.3. The highest BCUT2D eigenvalue weighted by atomic mass is 32.2. The predicted octanol–water partition coefficient (Wildman–Crippen LogP) is 0.981. The highest BCUT2D eigenvalue weighted by molar-refractivity contribution is 8.14. The second-order valence-corrected chi connectivity index (χ2v) is 4.62. The van der Waals surface area contributed by atoms with E-state index in [1.807, 2.05) is 24.3 Å². The fraction of sp³-hybridized carbons (Fsp3) is 0.333. The molecule has 6 heteroatoms. The van der Waals surface area contributed by atoms with Gasteiger partial charge in [-0.25, -0.2) is 0 Å². The van der Waals surface area contributed by atoms with Crippen LogP contribution in [0.5, 0.6) is 5.75 Å². The number of thioether (sulfide) groups is 1. The van der Waals surface area contributed by atoms with Crippen molar-refractivity contribution in [1.82, 2.24) is 5.32 Å². The van der Waals surface area contributed by atoms with E-state index in [1.165, 1.54) is 0 Å². The van der Waals surface area contributed by atoms with Gasteiger partial charge in [-0.3, -0.25) is 10.2 Å². The number of amides is 1. The largest absolute Gasteiger partial charge is 0.497 e. The number of nitrogens with one attached hydrogen (secondary N) is 2. The number of hydrogen-bond acceptors (Lipinski definition) is 4. The molecule has 18 heavy (non-hydrogen) atoms. The van der Waals surface area contributed by atoms with Gasteiger partial charge in [0, 0.05) is 6.54 Å². The van der Waals surface area contributed by atoms with Crippen molar-refractivity contribution in [3.8, 4) is 5.75 Å². The molecule has 0 aliphatic heterocycles. The summed E-state index contributed by atoms with van der Waals surface area (Å²) in [6, 6.07) is 7.72. The van der Waals surface area contributed by atoms with E-state index >= 15 is 0 Å². The van der Waals surface area contributed by atoms with Crippen LogP contribution < -0.4 is 15.8 Å². The highest BCUT2D eigenvalue weighted by Crippen LogP contribution is 2.11. The highest BCUT2D eigenvalue weighted by Gasteiger charge is 2.02. The number of nitrogens with two attached hydrogens (primary N) is 1. The third kappa shape index (κ3) is 5.58. The first-order chi connectivity index (χ1) is 8.61. The molecule has 1 amide bonds. The van der Waals surface area contributed by atoms with Crippen LogP contribution in [0.15, 0.2) is 24.3 Å². The Hall–Kier alpha value is -1.69. The maximum Gasteiger partial charge on any atom is 0.230 e. The summed E-state index contributed by atoms with van der Waals surface area (Å²) in [5.41, 5.74) is 6.28. The molecular weight excluding hydrogens is 250 g/mol. The summed E-state index contributed by atoms with van der Waals surface area (Å²) in [5, 5.41) is 9.72. The summed E-state index contributed by atoms with van der Waals surface area (Å²) >= 11 is 1.02. The molecule has 0 saturated carbocycles. The van der Waals surface area contributed by atoms with Crippen molar-refractivity contribution in [2.45, 2.75) is 6.42 Å². The van der Waals surface area contributed by atoms with Gasteiger partial charge in [0.2, 0.25) is 5.91 Å². The molecule has 0 aromatic heterocycles. The number of ether oxygens (including phenoxy) is 1. The lowest BCUT2D eigenvalue weighted by molar-refractivity contribution is -0.118. The van der Waals surface area contributed by atoms with Crippen molar-refractivity contribution in [2.24, 2.45) is 5.73 Å². The molecule has 0 fully saturated rings. The molecule has 0 spiro atoms. The molecule has 0 radical (unpaired) electrons. The Bertz CT molecular complexity index is 406. The van der Waals surface area contributed by atoms with Crippen LogP contribution in [-0.4, -0.2) is 30.5 Å². The summed E-state index contributed by atoms with van der Waals surface area (Å²) < 4.78 is 5.06.